The van der Waals surface area contributed by atoms with Gasteiger partial charge in [0.15, 0.2) is 5.76 Å². The summed E-state index contributed by atoms with van der Waals surface area (Å²) in [6.07, 6.45) is 4.50. The zero-order valence-electron chi connectivity index (χ0n) is 15.2. The number of likely N-dealkylation sites (tertiary alicyclic amines) is 2. The van der Waals surface area contributed by atoms with E-state index in [1.165, 1.54) is 6.26 Å². The fourth-order valence-corrected chi connectivity index (χ4v) is 4.22. The standard InChI is InChI=1S/C19H23N3O4/c1-13-15(14(2)26-20-13)12-22-17(23)5-6-19(22)7-9-21(10-8-19)18(24)16-4-3-11-25-16/h3-4,11H,5-10,12H2,1-2H3. The van der Waals surface area contributed by atoms with E-state index >= 15 is 0 Å². The molecule has 7 heteroatoms. The van der Waals surface area contributed by atoms with E-state index in [0.717, 1.165) is 36.3 Å². The van der Waals surface area contributed by atoms with Crippen molar-refractivity contribution in [3.63, 3.8) is 0 Å². The molecule has 2 aliphatic rings. The number of nitrogens with zero attached hydrogens (tertiary/aromatic N) is 3. The fraction of sp³-hybridized carbons (Fsp3) is 0.526. The Morgan fingerprint density at radius 1 is 1.27 bits per heavy atom. The van der Waals surface area contributed by atoms with Gasteiger partial charge in [-0.05, 0) is 45.2 Å². The number of carbonyl (C=O) groups is 2. The molecule has 2 aromatic heterocycles. The molecule has 2 saturated heterocycles. The maximum atomic E-state index is 12.6. The monoisotopic (exact) mass is 357 g/mol. The van der Waals surface area contributed by atoms with Crippen LogP contribution in [-0.4, -0.2) is 45.4 Å². The lowest BCUT2D eigenvalue weighted by Gasteiger charge is -2.44. The van der Waals surface area contributed by atoms with Crippen molar-refractivity contribution in [2.75, 3.05) is 13.1 Å². The summed E-state index contributed by atoms with van der Waals surface area (Å²) >= 11 is 0. The Labute approximate surface area is 151 Å². The second-order valence-electron chi connectivity index (χ2n) is 7.28. The quantitative estimate of drug-likeness (QED) is 0.844. The minimum atomic E-state index is -0.173. The van der Waals surface area contributed by atoms with Gasteiger partial charge in [0.2, 0.25) is 5.91 Å². The van der Waals surface area contributed by atoms with Crippen LogP contribution in [0.25, 0.3) is 0 Å². The molecule has 4 heterocycles. The Kier molecular flexibility index (Phi) is 4.09. The van der Waals surface area contributed by atoms with Gasteiger partial charge in [-0.25, -0.2) is 0 Å². The lowest BCUT2D eigenvalue weighted by Crippen LogP contribution is -2.53. The van der Waals surface area contributed by atoms with E-state index in [-0.39, 0.29) is 17.4 Å². The summed E-state index contributed by atoms with van der Waals surface area (Å²) in [4.78, 5) is 28.9. The summed E-state index contributed by atoms with van der Waals surface area (Å²) in [5.74, 6) is 1.24. The molecule has 138 valence electrons. The molecule has 1 spiro atoms. The molecule has 0 aromatic carbocycles. The zero-order chi connectivity index (χ0) is 18.3. The molecule has 2 aromatic rings. The molecule has 4 rings (SSSR count). The van der Waals surface area contributed by atoms with Crippen molar-refractivity contribution < 1.29 is 18.5 Å². The SMILES string of the molecule is Cc1noc(C)c1CN1C(=O)CCC12CCN(C(=O)c1ccco1)CC2. The van der Waals surface area contributed by atoms with Crippen LogP contribution in [0.4, 0.5) is 0 Å². The van der Waals surface area contributed by atoms with Gasteiger partial charge in [0.05, 0.1) is 18.5 Å². The van der Waals surface area contributed by atoms with Crippen LogP contribution < -0.4 is 0 Å². The van der Waals surface area contributed by atoms with Crippen molar-refractivity contribution in [3.8, 4) is 0 Å². The third-order valence-electron chi connectivity index (χ3n) is 5.89. The van der Waals surface area contributed by atoms with Crippen LogP contribution in [0, 0.1) is 13.8 Å². The zero-order valence-corrected chi connectivity index (χ0v) is 15.2. The number of hydrogen-bond donors (Lipinski definition) is 0. The predicted molar refractivity (Wildman–Crippen MR) is 92.3 cm³/mol. The van der Waals surface area contributed by atoms with Crippen LogP contribution in [0.2, 0.25) is 0 Å². The van der Waals surface area contributed by atoms with Gasteiger partial charge in [0, 0.05) is 30.6 Å². The second-order valence-corrected chi connectivity index (χ2v) is 7.28. The first-order valence-corrected chi connectivity index (χ1v) is 9.05. The van der Waals surface area contributed by atoms with Crippen LogP contribution in [0.15, 0.2) is 27.3 Å². The van der Waals surface area contributed by atoms with E-state index in [1.807, 2.05) is 23.6 Å². The van der Waals surface area contributed by atoms with Gasteiger partial charge >= 0.3 is 0 Å². The number of rotatable bonds is 3. The van der Waals surface area contributed by atoms with Gasteiger partial charge in [-0.3, -0.25) is 9.59 Å². The van der Waals surface area contributed by atoms with Crippen molar-refractivity contribution in [2.24, 2.45) is 0 Å². The number of amides is 2. The summed E-state index contributed by atoms with van der Waals surface area (Å²) in [5, 5.41) is 4.00. The van der Waals surface area contributed by atoms with E-state index < -0.39 is 0 Å². The first-order valence-electron chi connectivity index (χ1n) is 9.05. The van der Waals surface area contributed by atoms with Gasteiger partial charge in [0.1, 0.15) is 5.76 Å². The number of hydrogen-bond acceptors (Lipinski definition) is 5. The molecule has 2 amide bonds. The Hall–Kier alpha value is -2.57. The van der Waals surface area contributed by atoms with Crippen LogP contribution in [0.3, 0.4) is 0 Å². The largest absolute Gasteiger partial charge is 0.459 e. The van der Waals surface area contributed by atoms with Crippen LogP contribution in [0.5, 0.6) is 0 Å². The maximum Gasteiger partial charge on any atom is 0.289 e. The normalized spacial score (nSPS) is 19.5. The first-order chi connectivity index (χ1) is 12.5. The fourth-order valence-electron chi connectivity index (χ4n) is 4.22. The van der Waals surface area contributed by atoms with Crippen LogP contribution in [0.1, 0.15) is 53.3 Å². The van der Waals surface area contributed by atoms with Crippen LogP contribution >= 0.6 is 0 Å². The van der Waals surface area contributed by atoms with Crippen molar-refractivity contribution >= 4 is 11.8 Å². The molecule has 2 fully saturated rings. The average Bonchev–Trinajstić information content (AvgIpc) is 3.35. The van der Waals surface area contributed by atoms with E-state index in [0.29, 0.717) is 31.8 Å². The van der Waals surface area contributed by atoms with Gasteiger partial charge in [0.25, 0.3) is 5.91 Å². The van der Waals surface area contributed by atoms with E-state index in [2.05, 4.69) is 5.16 Å². The molecule has 2 aliphatic heterocycles. The van der Waals surface area contributed by atoms with E-state index in [9.17, 15) is 9.59 Å². The summed E-state index contributed by atoms with van der Waals surface area (Å²) in [6.45, 7) is 5.58. The molecular weight excluding hydrogens is 334 g/mol. The minimum Gasteiger partial charge on any atom is -0.459 e. The lowest BCUT2D eigenvalue weighted by molar-refractivity contribution is -0.133. The smallest absolute Gasteiger partial charge is 0.289 e. The number of aromatic nitrogens is 1. The molecule has 0 bridgehead atoms. The highest BCUT2D eigenvalue weighted by Crippen LogP contribution is 2.40. The van der Waals surface area contributed by atoms with Crippen molar-refractivity contribution in [1.82, 2.24) is 15.0 Å². The number of furan rings is 1. The van der Waals surface area contributed by atoms with Crippen LogP contribution in [-0.2, 0) is 11.3 Å². The topological polar surface area (TPSA) is 79.8 Å². The van der Waals surface area contributed by atoms with Gasteiger partial charge < -0.3 is 18.7 Å². The summed E-state index contributed by atoms with van der Waals surface area (Å²) in [6, 6.07) is 3.41. The molecule has 0 aliphatic carbocycles. The first kappa shape index (κ1) is 16.9. The minimum absolute atomic E-state index is 0.0774. The second kappa shape index (κ2) is 6.30. The molecular formula is C19H23N3O4. The highest BCUT2D eigenvalue weighted by atomic mass is 16.5. The van der Waals surface area contributed by atoms with Gasteiger partial charge in [-0.2, -0.15) is 0 Å². The molecule has 0 unspecified atom stereocenters. The Morgan fingerprint density at radius 3 is 2.65 bits per heavy atom. The molecule has 0 radical (unpaired) electrons. The molecule has 7 nitrogen and oxygen atoms in total. The summed E-state index contributed by atoms with van der Waals surface area (Å²) in [5.41, 5.74) is 1.66. The Morgan fingerprint density at radius 2 is 2.04 bits per heavy atom. The summed E-state index contributed by atoms with van der Waals surface area (Å²) in [7, 11) is 0. The third-order valence-corrected chi connectivity index (χ3v) is 5.89. The van der Waals surface area contributed by atoms with E-state index in [1.54, 1.807) is 12.1 Å². The Bertz CT molecular complexity index is 796. The van der Waals surface area contributed by atoms with Crippen molar-refractivity contribution in [3.05, 3.63) is 41.2 Å². The van der Waals surface area contributed by atoms with Crippen molar-refractivity contribution in [1.29, 1.82) is 0 Å². The lowest BCUT2D eigenvalue weighted by atomic mass is 9.84. The third kappa shape index (κ3) is 2.71. The van der Waals surface area contributed by atoms with Gasteiger partial charge in [-0.1, -0.05) is 5.16 Å². The number of piperidine rings is 1. The van der Waals surface area contributed by atoms with E-state index in [4.69, 9.17) is 8.94 Å². The molecule has 0 N–H and O–H groups in total. The van der Waals surface area contributed by atoms with Crippen molar-refractivity contribution in [2.45, 2.75) is 51.6 Å². The summed E-state index contributed by atoms with van der Waals surface area (Å²) < 4.78 is 10.5. The molecule has 0 atom stereocenters. The molecule has 0 saturated carbocycles. The number of carbonyl (C=O) groups excluding carboxylic acids is 2. The highest BCUT2D eigenvalue weighted by molar-refractivity contribution is 5.91. The number of aryl methyl sites for hydroxylation is 2. The molecule has 26 heavy (non-hydrogen) atoms. The van der Waals surface area contributed by atoms with Gasteiger partial charge in [-0.15, -0.1) is 0 Å². The Balaban J connectivity index is 1.49. The highest BCUT2D eigenvalue weighted by Gasteiger charge is 2.47. The maximum absolute atomic E-state index is 12.6. The average molecular weight is 357 g/mol. The predicted octanol–water partition coefficient (Wildman–Crippen LogP) is 2.68.